The average molecular weight is 196 g/mol. The van der Waals surface area contributed by atoms with Crippen LogP contribution in [0.3, 0.4) is 0 Å². The molecule has 0 heterocycles. The maximum absolute atomic E-state index is 11.2. The molecular weight excluding hydrogens is 180 g/mol. The van der Waals surface area contributed by atoms with Crippen LogP contribution in [0.4, 0.5) is 0 Å². The Kier molecular flexibility index (Phi) is 4.36. The van der Waals surface area contributed by atoms with Crippen molar-refractivity contribution in [1.29, 1.82) is 0 Å². The van der Waals surface area contributed by atoms with Gasteiger partial charge in [0.2, 0.25) is 0 Å². The van der Waals surface area contributed by atoms with Crippen LogP contribution in [0.25, 0.3) is 0 Å². The predicted molar refractivity (Wildman–Crippen MR) is 52.8 cm³/mol. The Hall–Kier alpha value is -1.12. The number of hydrogen-bond donors (Lipinski definition) is 0. The number of Topliss-reactive ketones (excluding diaryl/α,β-unsaturated/α-hetero) is 1. The third-order valence-corrected chi connectivity index (χ3v) is 2.14. The number of carbonyl (C=O) groups is 2. The van der Waals surface area contributed by atoms with Crippen molar-refractivity contribution < 1.29 is 14.3 Å². The number of ether oxygens (including phenoxy) is 1. The number of hydrogen-bond acceptors (Lipinski definition) is 3. The van der Waals surface area contributed by atoms with Crippen LogP contribution in [-0.2, 0) is 14.3 Å². The fourth-order valence-corrected chi connectivity index (χ4v) is 1.46. The van der Waals surface area contributed by atoms with Crippen molar-refractivity contribution in [2.75, 3.05) is 0 Å². The van der Waals surface area contributed by atoms with Gasteiger partial charge in [-0.05, 0) is 38.7 Å². The molecule has 0 radical (unpaired) electrons. The van der Waals surface area contributed by atoms with Crippen LogP contribution < -0.4 is 0 Å². The molecule has 0 aliphatic heterocycles. The minimum Gasteiger partial charge on any atom is -0.458 e. The zero-order valence-electron chi connectivity index (χ0n) is 8.49. The molecule has 1 unspecified atom stereocenters. The molecule has 0 saturated heterocycles. The van der Waals surface area contributed by atoms with E-state index >= 15 is 0 Å². The molecule has 0 saturated carbocycles. The van der Waals surface area contributed by atoms with E-state index in [2.05, 4.69) is 0 Å². The molecule has 0 aromatic carbocycles. The second-order valence-corrected chi connectivity index (χ2v) is 3.62. The van der Waals surface area contributed by atoms with Crippen LogP contribution >= 0.6 is 0 Å². The first-order valence-corrected chi connectivity index (χ1v) is 5.04. The number of allylic oxidation sites excluding steroid dienone is 1. The normalized spacial score (nSPS) is 21.4. The summed E-state index contributed by atoms with van der Waals surface area (Å²) >= 11 is 0. The molecule has 0 aromatic heterocycles. The molecule has 0 N–H and O–H groups in total. The fraction of sp³-hybridized carbons (Fsp3) is 0.636. The molecule has 0 fully saturated rings. The first-order chi connectivity index (χ1) is 6.68. The lowest BCUT2D eigenvalue weighted by molar-refractivity contribution is -0.148. The summed E-state index contributed by atoms with van der Waals surface area (Å²) in [6.07, 6.45) is 7.89. The maximum Gasteiger partial charge on any atom is 0.313 e. The van der Waals surface area contributed by atoms with Crippen molar-refractivity contribution in [2.45, 2.75) is 45.1 Å². The number of carbonyl (C=O) groups excluding carboxylic acids is 2. The Morgan fingerprint density at radius 3 is 2.93 bits per heavy atom. The quantitative estimate of drug-likeness (QED) is 0.394. The molecule has 78 valence electrons. The molecule has 0 aromatic rings. The van der Waals surface area contributed by atoms with Gasteiger partial charge in [-0.2, -0.15) is 0 Å². The van der Waals surface area contributed by atoms with Crippen LogP contribution in [0.5, 0.6) is 0 Å². The van der Waals surface area contributed by atoms with E-state index in [1.165, 1.54) is 6.92 Å². The van der Waals surface area contributed by atoms with Crippen molar-refractivity contribution in [1.82, 2.24) is 0 Å². The summed E-state index contributed by atoms with van der Waals surface area (Å²) in [5, 5.41) is 0. The third-order valence-electron chi connectivity index (χ3n) is 2.14. The lowest BCUT2D eigenvalue weighted by atomic mass is 10.2. The van der Waals surface area contributed by atoms with Gasteiger partial charge in [0.25, 0.3) is 0 Å². The van der Waals surface area contributed by atoms with Gasteiger partial charge in [0.15, 0.2) is 0 Å². The van der Waals surface area contributed by atoms with Crippen LogP contribution in [-0.4, -0.2) is 17.9 Å². The Morgan fingerprint density at radius 2 is 2.21 bits per heavy atom. The monoisotopic (exact) mass is 196 g/mol. The first-order valence-electron chi connectivity index (χ1n) is 5.04. The van der Waals surface area contributed by atoms with Crippen LogP contribution in [0.2, 0.25) is 0 Å². The van der Waals surface area contributed by atoms with Crippen molar-refractivity contribution in [3.63, 3.8) is 0 Å². The second kappa shape index (κ2) is 5.58. The van der Waals surface area contributed by atoms with Crippen molar-refractivity contribution >= 4 is 11.8 Å². The summed E-state index contributed by atoms with van der Waals surface area (Å²) in [5.41, 5.74) is 0. The van der Waals surface area contributed by atoms with Gasteiger partial charge in [0, 0.05) is 0 Å². The molecule has 0 spiro atoms. The van der Waals surface area contributed by atoms with Crippen molar-refractivity contribution in [2.24, 2.45) is 0 Å². The molecule has 1 atom stereocenters. The highest BCUT2D eigenvalue weighted by Crippen LogP contribution is 2.14. The molecule has 0 amide bonds. The minimum atomic E-state index is -0.408. The van der Waals surface area contributed by atoms with Gasteiger partial charge in [-0.15, -0.1) is 0 Å². The van der Waals surface area contributed by atoms with Gasteiger partial charge in [0.1, 0.15) is 18.3 Å². The van der Waals surface area contributed by atoms with Gasteiger partial charge >= 0.3 is 5.97 Å². The highest BCUT2D eigenvalue weighted by atomic mass is 16.5. The highest BCUT2D eigenvalue weighted by Gasteiger charge is 2.14. The van der Waals surface area contributed by atoms with E-state index < -0.39 is 5.97 Å². The molecule has 3 heteroatoms. The van der Waals surface area contributed by atoms with Gasteiger partial charge in [0.05, 0.1) is 0 Å². The number of ketones is 1. The molecule has 14 heavy (non-hydrogen) atoms. The highest BCUT2D eigenvalue weighted by molar-refractivity contribution is 5.94. The zero-order valence-corrected chi connectivity index (χ0v) is 8.49. The molecule has 1 aliphatic rings. The van der Waals surface area contributed by atoms with Crippen molar-refractivity contribution in [3.8, 4) is 0 Å². The van der Waals surface area contributed by atoms with Gasteiger partial charge < -0.3 is 4.74 Å². The summed E-state index contributed by atoms with van der Waals surface area (Å²) < 4.78 is 5.14. The Morgan fingerprint density at radius 1 is 1.43 bits per heavy atom. The third kappa shape index (κ3) is 4.21. The van der Waals surface area contributed by atoms with E-state index in [-0.39, 0.29) is 18.3 Å². The lowest BCUT2D eigenvalue weighted by Crippen LogP contribution is -2.17. The maximum atomic E-state index is 11.2. The van der Waals surface area contributed by atoms with Gasteiger partial charge in [-0.1, -0.05) is 6.08 Å². The minimum absolute atomic E-state index is 0.107. The molecule has 1 aliphatic carbocycles. The summed E-state index contributed by atoms with van der Waals surface area (Å²) in [5.74, 6) is -0.554. The topological polar surface area (TPSA) is 43.4 Å². The Labute approximate surface area is 84.1 Å². The molecule has 0 bridgehead atoms. The standard InChI is InChI=1S/C11H16O3/c1-9(12)8-11(13)14-10-6-4-2-3-5-7-10/h4,6,10H,2-3,5,7-8H2,1H3. The first kappa shape index (κ1) is 11.0. The van der Waals surface area contributed by atoms with Crippen LogP contribution in [0.1, 0.15) is 39.0 Å². The predicted octanol–water partition coefficient (Wildman–Crippen LogP) is 2.01. The smallest absolute Gasteiger partial charge is 0.313 e. The summed E-state index contributed by atoms with van der Waals surface area (Å²) in [4.78, 5) is 21.8. The SMILES string of the molecule is CC(=O)CC(=O)OC1C=CCCCC1. The average Bonchev–Trinajstić information content (AvgIpc) is 2.31. The molecule has 1 rings (SSSR count). The van der Waals surface area contributed by atoms with E-state index in [1.807, 2.05) is 12.2 Å². The summed E-state index contributed by atoms with van der Waals surface area (Å²) in [7, 11) is 0. The van der Waals surface area contributed by atoms with Gasteiger partial charge in [-0.25, -0.2) is 0 Å². The van der Waals surface area contributed by atoms with E-state index in [0.717, 1.165) is 25.7 Å². The molecular formula is C11H16O3. The van der Waals surface area contributed by atoms with Crippen molar-refractivity contribution in [3.05, 3.63) is 12.2 Å². The Bertz CT molecular complexity index is 243. The second-order valence-electron chi connectivity index (χ2n) is 3.62. The van der Waals surface area contributed by atoms with Crippen LogP contribution in [0, 0.1) is 0 Å². The van der Waals surface area contributed by atoms with E-state index in [1.54, 1.807) is 0 Å². The summed E-state index contributed by atoms with van der Waals surface area (Å²) in [6, 6.07) is 0. The fourth-order valence-electron chi connectivity index (χ4n) is 1.46. The summed E-state index contributed by atoms with van der Waals surface area (Å²) in [6.45, 7) is 1.39. The van der Waals surface area contributed by atoms with Crippen LogP contribution in [0.15, 0.2) is 12.2 Å². The van der Waals surface area contributed by atoms with E-state index in [4.69, 9.17) is 4.74 Å². The molecule has 3 nitrogen and oxygen atoms in total. The Balaban J connectivity index is 2.34. The van der Waals surface area contributed by atoms with E-state index in [0.29, 0.717) is 0 Å². The number of esters is 1. The largest absolute Gasteiger partial charge is 0.458 e. The van der Waals surface area contributed by atoms with E-state index in [9.17, 15) is 9.59 Å². The zero-order chi connectivity index (χ0) is 10.4. The van der Waals surface area contributed by atoms with Gasteiger partial charge in [-0.3, -0.25) is 9.59 Å². The lowest BCUT2D eigenvalue weighted by Gasteiger charge is -2.11. The number of rotatable bonds is 3.